The van der Waals surface area contributed by atoms with Crippen LogP contribution in [-0.4, -0.2) is 30.8 Å². The molecule has 0 aliphatic heterocycles. The minimum atomic E-state index is -0.442. The Morgan fingerprint density at radius 2 is 2.05 bits per heavy atom. The maximum Gasteiger partial charge on any atom is 0.248 e. The van der Waals surface area contributed by atoms with Crippen molar-refractivity contribution in [3.63, 3.8) is 0 Å². The number of anilines is 1. The quantitative estimate of drug-likeness (QED) is 0.521. The van der Waals surface area contributed by atoms with Gasteiger partial charge in [0.1, 0.15) is 0 Å². The Bertz CT molecular complexity index is 420. The molecule has 0 aliphatic carbocycles. The van der Waals surface area contributed by atoms with Crippen molar-refractivity contribution in [1.29, 1.82) is 0 Å². The minimum absolute atomic E-state index is 0.442. The van der Waals surface area contributed by atoms with E-state index >= 15 is 0 Å². The standard InChI is InChI=1S/C13H19N3O2S/c1-2-18-9-3-8-15-13(19)16-11-6-4-10(5-7-11)12(14)17/h4-7H,2-3,8-9H2,1H3,(H2,14,17)(H2,15,16,19). The molecule has 0 unspecified atom stereocenters. The van der Waals surface area contributed by atoms with Crippen LogP contribution in [0.25, 0.3) is 0 Å². The van der Waals surface area contributed by atoms with Gasteiger partial charge in [-0.05, 0) is 49.8 Å². The highest BCUT2D eigenvalue weighted by Crippen LogP contribution is 2.08. The van der Waals surface area contributed by atoms with Crippen molar-refractivity contribution in [3.05, 3.63) is 29.8 Å². The first-order valence-electron chi connectivity index (χ1n) is 6.16. The van der Waals surface area contributed by atoms with E-state index < -0.39 is 5.91 Å². The molecule has 5 nitrogen and oxygen atoms in total. The largest absolute Gasteiger partial charge is 0.382 e. The van der Waals surface area contributed by atoms with Gasteiger partial charge < -0.3 is 21.1 Å². The average Bonchev–Trinajstić information content (AvgIpc) is 2.39. The van der Waals surface area contributed by atoms with Crippen molar-refractivity contribution in [2.45, 2.75) is 13.3 Å². The molecule has 0 radical (unpaired) electrons. The molecule has 104 valence electrons. The number of hydrogen-bond acceptors (Lipinski definition) is 3. The third-order valence-electron chi connectivity index (χ3n) is 2.38. The molecular formula is C13H19N3O2S. The number of nitrogens with two attached hydrogens (primary N) is 1. The number of carbonyl (C=O) groups excluding carboxylic acids is 1. The summed E-state index contributed by atoms with van der Waals surface area (Å²) in [7, 11) is 0. The van der Waals surface area contributed by atoms with Gasteiger partial charge in [-0.2, -0.15) is 0 Å². The number of carbonyl (C=O) groups is 1. The Kier molecular flexibility index (Phi) is 6.84. The fourth-order valence-corrected chi connectivity index (χ4v) is 1.63. The summed E-state index contributed by atoms with van der Waals surface area (Å²) in [4.78, 5) is 10.9. The molecule has 0 fully saturated rings. The lowest BCUT2D eigenvalue weighted by atomic mass is 10.2. The number of rotatable bonds is 7. The molecule has 0 saturated heterocycles. The fraction of sp³-hybridized carbons (Fsp3) is 0.385. The monoisotopic (exact) mass is 281 g/mol. The molecule has 4 N–H and O–H groups in total. The molecule has 0 aromatic heterocycles. The number of primary amides is 1. The van der Waals surface area contributed by atoms with Gasteiger partial charge in [0, 0.05) is 31.0 Å². The molecule has 0 saturated carbocycles. The zero-order chi connectivity index (χ0) is 14.1. The van der Waals surface area contributed by atoms with Crippen LogP contribution in [0, 0.1) is 0 Å². The zero-order valence-corrected chi connectivity index (χ0v) is 11.8. The molecule has 1 aromatic rings. The highest BCUT2D eigenvalue weighted by molar-refractivity contribution is 7.80. The second kappa shape index (κ2) is 8.44. The van der Waals surface area contributed by atoms with Crippen molar-refractivity contribution in [3.8, 4) is 0 Å². The number of thiocarbonyl (C=S) groups is 1. The number of hydrogen-bond donors (Lipinski definition) is 3. The van der Waals surface area contributed by atoms with E-state index in [0.29, 0.717) is 10.7 Å². The van der Waals surface area contributed by atoms with Crippen LogP contribution in [-0.2, 0) is 4.74 Å². The smallest absolute Gasteiger partial charge is 0.248 e. The molecule has 1 amide bonds. The Balaban J connectivity index is 2.30. The number of amides is 1. The van der Waals surface area contributed by atoms with E-state index in [-0.39, 0.29) is 0 Å². The zero-order valence-electron chi connectivity index (χ0n) is 10.9. The van der Waals surface area contributed by atoms with Gasteiger partial charge in [0.05, 0.1) is 0 Å². The second-order valence-corrected chi connectivity index (χ2v) is 4.28. The molecule has 19 heavy (non-hydrogen) atoms. The summed E-state index contributed by atoms with van der Waals surface area (Å²) in [6.45, 7) is 4.18. The lowest BCUT2D eigenvalue weighted by molar-refractivity contribution is 0.100. The molecule has 0 atom stereocenters. The Morgan fingerprint density at radius 1 is 1.37 bits per heavy atom. The third kappa shape index (κ3) is 6.17. The Hall–Kier alpha value is -1.66. The summed E-state index contributed by atoms with van der Waals surface area (Å²) in [6, 6.07) is 6.83. The predicted molar refractivity (Wildman–Crippen MR) is 80.3 cm³/mol. The van der Waals surface area contributed by atoms with Crippen LogP contribution in [0.15, 0.2) is 24.3 Å². The molecule has 6 heteroatoms. The predicted octanol–water partition coefficient (Wildman–Crippen LogP) is 1.50. The van der Waals surface area contributed by atoms with E-state index in [2.05, 4.69) is 10.6 Å². The molecule has 0 bridgehead atoms. The van der Waals surface area contributed by atoms with E-state index in [1.54, 1.807) is 24.3 Å². The van der Waals surface area contributed by atoms with E-state index in [1.165, 1.54) is 0 Å². The lowest BCUT2D eigenvalue weighted by Crippen LogP contribution is -2.29. The number of ether oxygens (including phenoxy) is 1. The van der Waals surface area contributed by atoms with Crippen LogP contribution in [0.2, 0.25) is 0 Å². The van der Waals surface area contributed by atoms with Crippen LogP contribution in [0.3, 0.4) is 0 Å². The van der Waals surface area contributed by atoms with Crippen LogP contribution in [0.1, 0.15) is 23.7 Å². The summed E-state index contributed by atoms with van der Waals surface area (Å²) in [5, 5.41) is 6.65. The van der Waals surface area contributed by atoms with Gasteiger partial charge in [0.25, 0.3) is 0 Å². The average molecular weight is 281 g/mol. The van der Waals surface area contributed by atoms with Gasteiger partial charge in [0.2, 0.25) is 5.91 Å². The number of benzene rings is 1. The van der Waals surface area contributed by atoms with Gasteiger partial charge in [-0.3, -0.25) is 4.79 Å². The summed E-state index contributed by atoms with van der Waals surface area (Å²) >= 11 is 5.14. The molecular weight excluding hydrogens is 262 g/mol. The van der Waals surface area contributed by atoms with Crippen LogP contribution in [0.4, 0.5) is 5.69 Å². The second-order valence-electron chi connectivity index (χ2n) is 3.87. The van der Waals surface area contributed by atoms with Crippen LogP contribution < -0.4 is 16.4 Å². The van der Waals surface area contributed by atoms with Gasteiger partial charge in [-0.15, -0.1) is 0 Å². The molecule has 1 aromatic carbocycles. The summed E-state index contributed by atoms with van der Waals surface area (Å²) in [6.07, 6.45) is 0.899. The normalized spacial score (nSPS) is 9.95. The third-order valence-corrected chi connectivity index (χ3v) is 2.63. The SMILES string of the molecule is CCOCCCNC(=S)Nc1ccc(C(N)=O)cc1. The van der Waals surface area contributed by atoms with Crippen molar-refractivity contribution in [2.75, 3.05) is 25.1 Å². The van der Waals surface area contributed by atoms with E-state index in [4.69, 9.17) is 22.7 Å². The van der Waals surface area contributed by atoms with Gasteiger partial charge in [-0.25, -0.2) is 0 Å². The van der Waals surface area contributed by atoms with Crippen LogP contribution in [0.5, 0.6) is 0 Å². The number of nitrogens with one attached hydrogen (secondary N) is 2. The fourth-order valence-electron chi connectivity index (χ4n) is 1.41. The highest BCUT2D eigenvalue weighted by atomic mass is 32.1. The first-order valence-corrected chi connectivity index (χ1v) is 6.56. The molecule has 0 aliphatic rings. The van der Waals surface area contributed by atoms with Crippen LogP contribution >= 0.6 is 12.2 Å². The van der Waals surface area contributed by atoms with Crippen molar-refractivity contribution in [1.82, 2.24) is 5.32 Å². The Morgan fingerprint density at radius 3 is 2.63 bits per heavy atom. The first kappa shape index (κ1) is 15.4. The topological polar surface area (TPSA) is 76.4 Å². The van der Waals surface area contributed by atoms with Crippen molar-refractivity contribution in [2.24, 2.45) is 5.73 Å². The van der Waals surface area contributed by atoms with Crippen molar-refractivity contribution < 1.29 is 9.53 Å². The molecule has 0 spiro atoms. The van der Waals surface area contributed by atoms with Gasteiger partial charge in [0.15, 0.2) is 5.11 Å². The summed E-state index contributed by atoms with van der Waals surface area (Å²) in [5.74, 6) is -0.442. The Labute approximate surface area is 118 Å². The summed E-state index contributed by atoms with van der Waals surface area (Å²) in [5.41, 5.74) is 6.45. The lowest BCUT2D eigenvalue weighted by Gasteiger charge is -2.10. The minimum Gasteiger partial charge on any atom is -0.382 e. The molecule has 1 rings (SSSR count). The van der Waals surface area contributed by atoms with E-state index in [9.17, 15) is 4.79 Å². The molecule has 0 heterocycles. The maximum absolute atomic E-state index is 10.9. The van der Waals surface area contributed by atoms with Gasteiger partial charge >= 0.3 is 0 Å². The van der Waals surface area contributed by atoms with Crippen molar-refractivity contribution >= 4 is 28.9 Å². The van der Waals surface area contributed by atoms with Gasteiger partial charge in [-0.1, -0.05) is 0 Å². The van der Waals surface area contributed by atoms with E-state index in [1.807, 2.05) is 6.92 Å². The maximum atomic E-state index is 10.9. The van der Waals surface area contributed by atoms with E-state index in [0.717, 1.165) is 31.9 Å². The highest BCUT2D eigenvalue weighted by Gasteiger charge is 2.01. The first-order chi connectivity index (χ1) is 9.13. The summed E-state index contributed by atoms with van der Waals surface area (Å²) < 4.78 is 5.22.